The summed E-state index contributed by atoms with van der Waals surface area (Å²) < 4.78 is 0. The Morgan fingerprint density at radius 3 is 2.19 bits per heavy atom. The van der Waals surface area contributed by atoms with Crippen LogP contribution in [0.2, 0.25) is 0 Å². The van der Waals surface area contributed by atoms with Gasteiger partial charge in [-0.3, -0.25) is 4.90 Å². The lowest BCUT2D eigenvalue weighted by molar-refractivity contribution is 0.0671. The highest BCUT2D eigenvalue weighted by Gasteiger charge is 2.33. The average molecular weight is 228 g/mol. The van der Waals surface area contributed by atoms with Crippen LogP contribution in [0.5, 0.6) is 0 Å². The minimum absolute atomic E-state index is 0.215. The van der Waals surface area contributed by atoms with E-state index in [1.54, 1.807) is 0 Å². The van der Waals surface area contributed by atoms with Crippen LogP contribution in [0.4, 0.5) is 4.79 Å². The van der Waals surface area contributed by atoms with Gasteiger partial charge >= 0.3 is 6.09 Å². The first-order valence-electron chi connectivity index (χ1n) is 5.49. The van der Waals surface area contributed by atoms with Crippen LogP contribution in [0.1, 0.15) is 41.0 Å². The van der Waals surface area contributed by atoms with Gasteiger partial charge in [0.1, 0.15) is 0 Å². The summed E-state index contributed by atoms with van der Waals surface area (Å²) in [6.07, 6.45) is -0.293. The van der Waals surface area contributed by atoms with Crippen LogP contribution in [0.3, 0.4) is 0 Å². The van der Waals surface area contributed by atoms with E-state index in [2.05, 4.69) is 6.58 Å². The van der Waals surface area contributed by atoms with Crippen LogP contribution in [0, 0.1) is 0 Å². The summed E-state index contributed by atoms with van der Waals surface area (Å²) in [5.41, 5.74) is 6.51. The van der Waals surface area contributed by atoms with Crippen molar-refractivity contribution in [3.8, 4) is 0 Å². The number of rotatable bonds is 4. The van der Waals surface area contributed by atoms with Crippen LogP contribution < -0.4 is 5.73 Å². The molecule has 1 amide bonds. The molecule has 0 aromatic rings. The molecule has 0 aliphatic carbocycles. The van der Waals surface area contributed by atoms with Gasteiger partial charge in [0.15, 0.2) is 0 Å². The molecule has 0 aliphatic heterocycles. The van der Waals surface area contributed by atoms with E-state index in [1.807, 2.05) is 34.6 Å². The second-order valence-corrected chi connectivity index (χ2v) is 5.39. The van der Waals surface area contributed by atoms with E-state index in [0.717, 1.165) is 5.57 Å². The van der Waals surface area contributed by atoms with E-state index >= 15 is 0 Å². The second-order valence-electron chi connectivity index (χ2n) is 5.39. The molecule has 0 heterocycles. The van der Waals surface area contributed by atoms with E-state index in [1.165, 1.54) is 4.90 Å². The number of carboxylic acid groups (broad SMARTS) is 1. The third-order valence-corrected chi connectivity index (χ3v) is 2.54. The molecule has 0 unspecified atom stereocenters. The first-order valence-corrected chi connectivity index (χ1v) is 5.49. The highest BCUT2D eigenvalue weighted by molar-refractivity contribution is 5.66. The third kappa shape index (κ3) is 4.23. The molecule has 4 heteroatoms. The van der Waals surface area contributed by atoms with Crippen LogP contribution in [-0.4, -0.2) is 33.7 Å². The van der Waals surface area contributed by atoms with Crippen LogP contribution >= 0.6 is 0 Å². The number of hydrogen-bond donors (Lipinski definition) is 2. The normalized spacial score (nSPS) is 15.4. The zero-order chi connectivity index (χ0) is 13.1. The lowest BCUT2D eigenvalue weighted by Gasteiger charge is -2.40. The Balaban J connectivity index is 4.82. The fourth-order valence-electron chi connectivity index (χ4n) is 1.84. The maximum absolute atomic E-state index is 11.2. The Kier molecular flexibility index (Phi) is 5.00. The van der Waals surface area contributed by atoms with Crippen LogP contribution in [0.15, 0.2) is 12.2 Å². The molecule has 4 nitrogen and oxygen atoms in total. The molecule has 0 aliphatic rings. The van der Waals surface area contributed by atoms with Crippen molar-refractivity contribution in [3.05, 3.63) is 12.2 Å². The van der Waals surface area contributed by atoms with Gasteiger partial charge in [-0.2, -0.15) is 0 Å². The van der Waals surface area contributed by atoms with Gasteiger partial charge in [-0.1, -0.05) is 5.57 Å². The summed E-state index contributed by atoms with van der Waals surface area (Å²) in [4.78, 5) is 12.6. The van der Waals surface area contributed by atoms with E-state index in [-0.39, 0.29) is 12.1 Å². The molecule has 0 aromatic carbocycles. The predicted octanol–water partition coefficient (Wildman–Crippen LogP) is 2.45. The fourth-order valence-corrected chi connectivity index (χ4v) is 1.84. The zero-order valence-corrected chi connectivity index (χ0v) is 10.9. The van der Waals surface area contributed by atoms with Crippen molar-refractivity contribution in [3.63, 3.8) is 0 Å². The summed E-state index contributed by atoms with van der Waals surface area (Å²) in [5, 5.41) is 9.21. The third-order valence-electron chi connectivity index (χ3n) is 2.54. The van der Waals surface area contributed by atoms with Crippen LogP contribution in [0.25, 0.3) is 0 Å². The van der Waals surface area contributed by atoms with Crippen molar-refractivity contribution in [1.29, 1.82) is 0 Å². The minimum atomic E-state index is -0.933. The SMILES string of the molecule is C=C(C)C[C@@H](N)[C@H](C)N(C(=O)O)C(C)(C)C. The maximum Gasteiger partial charge on any atom is 0.408 e. The van der Waals surface area contributed by atoms with Crippen molar-refractivity contribution < 1.29 is 9.90 Å². The van der Waals surface area contributed by atoms with Gasteiger partial charge in [0.2, 0.25) is 0 Å². The van der Waals surface area contributed by atoms with Gasteiger partial charge in [0.05, 0.1) is 0 Å². The van der Waals surface area contributed by atoms with Gasteiger partial charge < -0.3 is 10.8 Å². The van der Waals surface area contributed by atoms with Gasteiger partial charge in [0, 0.05) is 17.6 Å². The van der Waals surface area contributed by atoms with Crippen LogP contribution in [-0.2, 0) is 0 Å². The largest absolute Gasteiger partial charge is 0.465 e. The quantitative estimate of drug-likeness (QED) is 0.726. The molecular weight excluding hydrogens is 204 g/mol. The first kappa shape index (κ1) is 15.0. The molecule has 16 heavy (non-hydrogen) atoms. The average Bonchev–Trinajstić information content (AvgIpc) is 1.98. The number of nitrogens with two attached hydrogens (primary N) is 1. The second kappa shape index (κ2) is 5.34. The Hall–Kier alpha value is -1.03. The molecule has 0 fully saturated rings. The van der Waals surface area contributed by atoms with E-state index in [4.69, 9.17) is 5.73 Å². The van der Waals surface area contributed by atoms with E-state index in [0.29, 0.717) is 6.42 Å². The van der Waals surface area contributed by atoms with E-state index < -0.39 is 11.6 Å². The highest BCUT2D eigenvalue weighted by atomic mass is 16.4. The van der Waals surface area contributed by atoms with Gasteiger partial charge in [-0.15, -0.1) is 6.58 Å². The maximum atomic E-state index is 11.2. The van der Waals surface area contributed by atoms with Crippen molar-refractivity contribution in [2.45, 2.75) is 58.7 Å². The number of carbonyl (C=O) groups is 1. The lowest BCUT2D eigenvalue weighted by atomic mass is 9.97. The standard InChI is InChI=1S/C12H24N2O2/c1-8(2)7-10(13)9(3)14(11(15)16)12(4,5)6/h9-10H,1,7,13H2,2-6H3,(H,15,16)/t9-,10+/m0/s1. The Morgan fingerprint density at radius 1 is 1.50 bits per heavy atom. The molecule has 0 saturated carbocycles. The van der Waals surface area contributed by atoms with Crippen molar-refractivity contribution in [2.75, 3.05) is 0 Å². The number of nitrogens with zero attached hydrogens (tertiary/aromatic N) is 1. The smallest absolute Gasteiger partial charge is 0.408 e. The van der Waals surface area contributed by atoms with Crippen molar-refractivity contribution in [2.24, 2.45) is 5.73 Å². The van der Waals surface area contributed by atoms with E-state index in [9.17, 15) is 9.90 Å². The monoisotopic (exact) mass is 228 g/mol. The topological polar surface area (TPSA) is 66.6 Å². The summed E-state index contributed by atoms with van der Waals surface area (Å²) >= 11 is 0. The molecular formula is C12H24N2O2. The molecule has 0 radical (unpaired) electrons. The lowest BCUT2D eigenvalue weighted by Crippen LogP contribution is -2.56. The zero-order valence-electron chi connectivity index (χ0n) is 10.9. The molecule has 0 rings (SSSR count). The summed E-state index contributed by atoms with van der Waals surface area (Å²) in [6, 6.07) is -0.443. The highest BCUT2D eigenvalue weighted by Crippen LogP contribution is 2.20. The Labute approximate surface area is 98.1 Å². The molecule has 0 bridgehead atoms. The Bertz CT molecular complexity index is 269. The van der Waals surface area contributed by atoms with Gasteiger partial charge in [-0.25, -0.2) is 4.79 Å². The summed E-state index contributed by atoms with van der Waals surface area (Å²) in [5.74, 6) is 0. The number of amides is 1. The minimum Gasteiger partial charge on any atom is -0.465 e. The molecule has 94 valence electrons. The van der Waals surface area contributed by atoms with Crippen molar-refractivity contribution >= 4 is 6.09 Å². The number of hydrogen-bond acceptors (Lipinski definition) is 2. The first-order chi connectivity index (χ1) is 7.07. The van der Waals surface area contributed by atoms with Gasteiger partial charge in [0.25, 0.3) is 0 Å². The molecule has 3 N–H and O–H groups in total. The Morgan fingerprint density at radius 2 is 1.94 bits per heavy atom. The molecule has 0 aromatic heterocycles. The van der Waals surface area contributed by atoms with Crippen molar-refractivity contribution in [1.82, 2.24) is 4.90 Å². The summed E-state index contributed by atoms with van der Waals surface area (Å²) in [7, 11) is 0. The van der Waals surface area contributed by atoms with Gasteiger partial charge in [-0.05, 0) is 41.0 Å². The predicted molar refractivity (Wildman–Crippen MR) is 66.5 cm³/mol. The molecule has 0 saturated heterocycles. The fraction of sp³-hybridized carbons (Fsp3) is 0.750. The summed E-state index contributed by atoms with van der Waals surface area (Å²) in [6.45, 7) is 13.1. The molecule has 2 atom stereocenters. The molecule has 0 spiro atoms.